The smallest absolute Gasteiger partial charge is 0.0896 e. The van der Waals surface area contributed by atoms with Crippen molar-refractivity contribution >= 4 is 22.9 Å². The monoisotopic (exact) mass is 279 g/mol. The lowest BCUT2D eigenvalue weighted by atomic mass is 9.97. The van der Waals surface area contributed by atoms with Gasteiger partial charge in [0.05, 0.1) is 5.01 Å². The predicted octanol–water partition coefficient (Wildman–Crippen LogP) is 4.40. The number of aryl methyl sites for hydroxylation is 2. The van der Waals surface area contributed by atoms with E-state index in [1.807, 2.05) is 13.1 Å². The zero-order chi connectivity index (χ0) is 13.0. The molecule has 0 aliphatic rings. The maximum absolute atomic E-state index is 6.09. The molecule has 96 valence electrons. The fraction of sp³-hybridized carbons (Fsp3) is 0.400. The Morgan fingerprint density at radius 3 is 2.44 bits per heavy atom. The van der Waals surface area contributed by atoms with Gasteiger partial charge in [-0.15, -0.1) is 22.9 Å². The molecule has 2 rings (SSSR count). The second-order valence-electron chi connectivity index (χ2n) is 4.76. The molecular weight excluding hydrogens is 262 g/mol. The third-order valence-corrected chi connectivity index (χ3v) is 4.39. The van der Waals surface area contributed by atoms with E-state index in [0.29, 0.717) is 11.8 Å². The molecule has 1 aromatic heterocycles. The lowest BCUT2D eigenvalue weighted by molar-refractivity contribution is 0.588. The first kappa shape index (κ1) is 13.6. The van der Waals surface area contributed by atoms with Gasteiger partial charge in [-0.3, -0.25) is 0 Å². The first-order chi connectivity index (χ1) is 8.67. The van der Waals surface area contributed by atoms with Crippen LogP contribution >= 0.6 is 22.9 Å². The zero-order valence-electron chi connectivity index (χ0n) is 10.8. The van der Waals surface area contributed by atoms with Gasteiger partial charge in [-0.1, -0.05) is 29.8 Å². The van der Waals surface area contributed by atoms with Crippen molar-refractivity contribution in [2.45, 2.75) is 26.7 Å². The summed E-state index contributed by atoms with van der Waals surface area (Å²) in [6.45, 7) is 4.16. The fourth-order valence-corrected chi connectivity index (χ4v) is 3.15. The van der Waals surface area contributed by atoms with Gasteiger partial charge >= 0.3 is 0 Å². The third kappa shape index (κ3) is 3.82. The first-order valence-corrected chi connectivity index (χ1v) is 7.55. The summed E-state index contributed by atoms with van der Waals surface area (Å²) in [5, 5.41) is 1.13. The van der Waals surface area contributed by atoms with Crippen molar-refractivity contribution in [3.63, 3.8) is 0 Å². The summed E-state index contributed by atoms with van der Waals surface area (Å²) in [5.41, 5.74) is 2.67. The van der Waals surface area contributed by atoms with E-state index in [1.54, 1.807) is 11.3 Å². The van der Waals surface area contributed by atoms with E-state index in [0.717, 1.165) is 17.8 Å². The molecule has 18 heavy (non-hydrogen) atoms. The minimum atomic E-state index is 0.495. The number of hydrogen-bond acceptors (Lipinski definition) is 2. The summed E-state index contributed by atoms with van der Waals surface area (Å²) in [6.07, 6.45) is 4.05. The maximum atomic E-state index is 6.09. The molecule has 1 aromatic carbocycles. The van der Waals surface area contributed by atoms with Gasteiger partial charge in [0, 0.05) is 17.0 Å². The van der Waals surface area contributed by atoms with Gasteiger partial charge in [0.1, 0.15) is 0 Å². The number of hydrogen-bond donors (Lipinski definition) is 0. The molecule has 1 nitrogen and oxygen atoms in total. The van der Waals surface area contributed by atoms with Gasteiger partial charge in [-0.25, -0.2) is 4.98 Å². The van der Waals surface area contributed by atoms with Crippen molar-refractivity contribution < 1.29 is 0 Å². The second kappa shape index (κ2) is 6.35. The third-order valence-electron chi connectivity index (χ3n) is 3.02. The Kier molecular flexibility index (Phi) is 4.79. The Morgan fingerprint density at radius 1 is 1.17 bits per heavy atom. The minimum absolute atomic E-state index is 0.495. The Bertz CT molecular complexity index is 489. The van der Waals surface area contributed by atoms with Gasteiger partial charge in [-0.05, 0) is 38.2 Å². The number of alkyl halides is 1. The van der Waals surface area contributed by atoms with Crippen LogP contribution in [0.25, 0.3) is 0 Å². The topological polar surface area (TPSA) is 12.9 Å². The summed E-state index contributed by atoms with van der Waals surface area (Å²) < 4.78 is 0. The van der Waals surface area contributed by atoms with E-state index < -0.39 is 0 Å². The molecule has 0 saturated heterocycles. The van der Waals surface area contributed by atoms with E-state index in [2.05, 4.69) is 36.2 Å². The van der Waals surface area contributed by atoms with Crippen molar-refractivity contribution in [3.05, 3.63) is 51.5 Å². The molecule has 1 atom stereocenters. The van der Waals surface area contributed by atoms with Crippen LogP contribution in [0.3, 0.4) is 0 Å². The van der Waals surface area contributed by atoms with Crippen LogP contribution in [-0.4, -0.2) is 10.9 Å². The summed E-state index contributed by atoms with van der Waals surface area (Å²) >= 11 is 7.86. The fourth-order valence-electron chi connectivity index (χ4n) is 2.02. The SMILES string of the molecule is Cc1ccc(CC(CCl)Cc2cnc(C)s2)cc1. The Balaban J connectivity index is 1.99. The van der Waals surface area contributed by atoms with E-state index in [-0.39, 0.29) is 0 Å². The van der Waals surface area contributed by atoms with Crippen LogP contribution in [0, 0.1) is 19.8 Å². The molecule has 0 spiro atoms. The van der Waals surface area contributed by atoms with Crippen LogP contribution in [0.1, 0.15) is 21.0 Å². The Morgan fingerprint density at radius 2 is 1.89 bits per heavy atom. The van der Waals surface area contributed by atoms with Crippen molar-refractivity contribution in [1.29, 1.82) is 0 Å². The molecule has 3 heteroatoms. The van der Waals surface area contributed by atoms with Gasteiger partial charge < -0.3 is 0 Å². The predicted molar refractivity (Wildman–Crippen MR) is 79.6 cm³/mol. The molecule has 0 amide bonds. The highest BCUT2D eigenvalue weighted by Crippen LogP contribution is 2.20. The number of halogens is 1. The standard InChI is InChI=1S/C15H18ClNS/c1-11-3-5-13(6-4-11)7-14(9-16)8-15-10-17-12(2)18-15/h3-6,10,14H,7-9H2,1-2H3. The van der Waals surface area contributed by atoms with E-state index in [4.69, 9.17) is 11.6 Å². The number of nitrogens with zero attached hydrogens (tertiary/aromatic N) is 1. The van der Waals surface area contributed by atoms with Crippen LogP contribution in [0.15, 0.2) is 30.5 Å². The molecule has 1 unspecified atom stereocenters. The molecule has 1 heterocycles. The first-order valence-electron chi connectivity index (χ1n) is 6.20. The zero-order valence-corrected chi connectivity index (χ0v) is 12.4. The molecule has 0 fully saturated rings. The van der Waals surface area contributed by atoms with Crippen molar-refractivity contribution in [2.75, 3.05) is 5.88 Å². The minimum Gasteiger partial charge on any atom is -0.250 e. The Hall–Kier alpha value is -0.860. The van der Waals surface area contributed by atoms with Crippen molar-refractivity contribution in [3.8, 4) is 0 Å². The molecule has 0 N–H and O–H groups in total. The molecule has 0 saturated carbocycles. The normalized spacial score (nSPS) is 12.6. The van der Waals surface area contributed by atoms with E-state index >= 15 is 0 Å². The lowest BCUT2D eigenvalue weighted by Crippen LogP contribution is -2.09. The van der Waals surface area contributed by atoms with Gasteiger partial charge in [0.15, 0.2) is 0 Å². The number of rotatable bonds is 5. The van der Waals surface area contributed by atoms with E-state index in [1.165, 1.54) is 16.0 Å². The van der Waals surface area contributed by atoms with E-state index in [9.17, 15) is 0 Å². The molecule has 0 aliphatic heterocycles. The molecular formula is C15H18ClNS. The second-order valence-corrected chi connectivity index (χ2v) is 6.39. The number of thiazole rings is 1. The van der Waals surface area contributed by atoms with Gasteiger partial charge in [0.25, 0.3) is 0 Å². The Labute approximate surface area is 118 Å². The average Bonchev–Trinajstić information content (AvgIpc) is 2.77. The number of aromatic nitrogens is 1. The van der Waals surface area contributed by atoms with Crippen LogP contribution in [0.4, 0.5) is 0 Å². The van der Waals surface area contributed by atoms with Crippen LogP contribution < -0.4 is 0 Å². The van der Waals surface area contributed by atoms with Crippen molar-refractivity contribution in [1.82, 2.24) is 4.98 Å². The lowest BCUT2D eigenvalue weighted by Gasteiger charge is -2.12. The summed E-state index contributed by atoms with van der Waals surface area (Å²) in [6, 6.07) is 8.73. The highest BCUT2D eigenvalue weighted by molar-refractivity contribution is 7.11. The summed E-state index contributed by atoms with van der Waals surface area (Å²) in [5.74, 6) is 1.19. The van der Waals surface area contributed by atoms with Gasteiger partial charge in [0.2, 0.25) is 0 Å². The maximum Gasteiger partial charge on any atom is 0.0896 e. The molecule has 0 bridgehead atoms. The van der Waals surface area contributed by atoms with Crippen LogP contribution in [0.5, 0.6) is 0 Å². The highest BCUT2D eigenvalue weighted by atomic mass is 35.5. The molecule has 0 radical (unpaired) electrons. The van der Waals surface area contributed by atoms with Crippen LogP contribution in [0.2, 0.25) is 0 Å². The largest absolute Gasteiger partial charge is 0.250 e. The quantitative estimate of drug-likeness (QED) is 0.739. The van der Waals surface area contributed by atoms with Crippen LogP contribution in [-0.2, 0) is 12.8 Å². The number of benzene rings is 1. The summed E-state index contributed by atoms with van der Waals surface area (Å²) in [7, 11) is 0. The average molecular weight is 280 g/mol. The highest BCUT2D eigenvalue weighted by Gasteiger charge is 2.11. The summed E-state index contributed by atoms with van der Waals surface area (Å²) in [4.78, 5) is 5.64. The van der Waals surface area contributed by atoms with Crippen molar-refractivity contribution in [2.24, 2.45) is 5.92 Å². The van der Waals surface area contributed by atoms with Gasteiger partial charge in [-0.2, -0.15) is 0 Å². The molecule has 2 aromatic rings. The molecule has 0 aliphatic carbocycles.